The number of hydrogen-bond donors (Lipinski definition) is 3. The number of benzene rings is 1. The normalized spacial score (nSPS) is 17.3. The van der Waals surface area contributed by atoms with Crippen LogP contribution in [-0.2, 0) is 12.7 Å². The molecule has 1 saturated carbocycles. The molecule has 1 aliphatic carbocycles. The SMILES string of the molecule is CCNC(=NCc1ccc(F)cc1C(F)(F)F)NCC1(O)CCC1. The summed E-state index contributed by atoms with van der Waals surface area (Å²) in [6.07, 6.45) is -2.30. The van der Waals surface area contributed by atoms with Gasteiger partial charge in [0.1, 0.15) is 5.82 Å². The highest BCUT2D eigenvalue weighted by Crippen LogP contribution is 2.33. The molecule has 0 aliphatic heterocycles. The predicted octanol–water partition coefficient (Wildman–Crippen LogP) is 2.81. The van der Waals surface area contributed by atoms with E-state index in [0.717, 1.165) is 18.6 Å². The van der Waals surface area contributed by atoms with Crippen molar-refractivity contribution in [2.75, 3.05) is 13.1 Å². The van der Waals surface area contributed by atoms with Crippen molar-refractivity contribution in [2.45, 2.75) is 44.5 Å². The lowest BCUT2D eigenvalue weighted by atomic mass is 9.80. The molecule has 1 aliphatic rings. The lowest BCUT2D eigenvalue weighted by Gasteiger charge is -2.37. The van der Waals surface area contributed by atoms with Gasteiger partial charge in [-0.05, 0) is 43.9 Å². The highest BCUT2D eigenvalue weighted by molar-refractivity contribution is 5.79. The topological polar surface area (TPSA) is 56.7 Å². The number of rotatable bonds is 5. The molecule has 0 saturated heterocycles. The quantitative estimate of drug-likeness (QED) is 0.436. The van der Waals surface area contributed by atoms with Crippen LogP contribution in [0.25, 0.3) is 0 Å². The van der Waals surface area contributed by atoms with Crippen LogP contribution in [0.4, 0.5) is 17.6 Å². The first-order valence-corrected chi connectivity index (χ1v) is 7.84. The van der Waals surface area contributed by atoms with Gasteiger partial charge in [-0.3, -0.25) is 0 Å². The van der Waals surface area contributed by atoms with Gasteiger partial charge in [0.25, 0.3) is 0 Å². The number of guanidine groups is 1. The van der Waals surface area contributed by atoms with Gasteiger partial charge in [-0.1, -0.05) is 6.07 Å². The zero-order chi connectivity index (χ0) is 17.8. The second kappa shape index (κ2) is 7.38. The molecule has 24 heavy (non-hydrogen) atoms. The summed E-state index contributed by atoms with van der Waals surface area (Å²) in [5.41, 5.74) is -1.91. The maximum Gasteiger partial charge on any atom is 0.416 e. The summed E-state index contributed by atoms with van der Waals surface area (Å²) in [7, 11) is 0. The van der Waals surface area contributed by atoms with Crippen LogP contribution in [0.15, 0.2) is 23.2 Å². The first-order chi connectivity index (χ1) is 11.2. The second-order valence-electron chi connectivity index (χ2n) is 5.93. The van der Waals surface area contributed by atoms with Gasteiger partial charge < -0.3 is 15.7 Å². The standard InChI is InChI=1S/C16H21F4N3O/c1-2-21-14(23-10-15(24)6-3-7-15)22-9-11-4-5-12(17)8-13(11)16(18,19)20/h4-5,8,24H,2-3,6-7,9-10H2,1H3,(H2,21,22,23). The van der Waals surface area contributed by atoms with Crippen molar-refractivity contribution in [1.82, 2.24) is 10.6 Å². The Labute approximate surface area is 138 Å². The van der Waals surface area contributed by atoms with Crippen LogP contribution in [0.3, 0.4) is 0 Å². The minimum atomic E-state index is -4.64. The van der Waals surface area contributed by atoms with E-state index >= 15 is 0 Å². The molecule has 0 atom stereocenters. The van der Waals surface area contributed by atoms with Gasteiger partial charge in [-0.25, -0.2) is 9.38 Å². The summed E-state index contributed by atoms with van der Waals surface area (Å²) >= 11 is 0. The Hall–Kier alpha value is -1.83. The van der Waals surface area contributed by atoms with Crippen molar-refractivity contribution in [3.8, 4) is 0 Å². The Bertz CT molecular complexity index is 597. The van der Waals surface area contributed by atoms with E-state index in [1.165, 1.54) is 0 Å². The number of nitrogens with one attached hydrogen (secondary N) is 2. The average molecular weight is 347 g/mol. The van der Waals surface area contributed by atoms with Gasteiger partial charge in [0.05, 0.1) is 17.7 Å². The molecule has 0 bridgehead atoms. The molecule has 134 valence electrons. The largest absolute Gasteiger partial charge is 0.416 e. The minimum absolute atomic E-state index is 0.108. The summed E-state index contributed by atoms with van der Waals surface area (Å²) in [5, 5.41) is 15.9. The number of halogens is 4. The Kier molecular flexibility index (Phi) is 5.69. The van der Waals surface area contributed by atoms with Crippen LogP contribution in [0.2, 0.25) is 0 Å². The van der Waals surface area contributed by atoms with Crippen molar-refractivity contribution in [3.05, 3.63) is 35.1 Å². The highest BCUT2D eigenvalue weighted by Gasteiger charge is 2.35. The molecule has 0 unspecified atom stereocenters. The Balaban J connectivity index is 2.10. The molecule has 0 spiro atoms. The molecule has 8 heteroatoms. The smallest absolute Gasteiger partial charge is 0.388 e. The number of nitrogens with zero attached hydrogens (tertiary/aromatic N) is 1. The van der Waals surface area contributed by atoms with Crippen molar-refractivity contribution in [2.24, 2.45) is 4.99 Å². The molecule has 0 radical (unpaired) electrons. The van der Waals surface area contributed by atoms with Crippen LogP contribution in [0.1, 0.15) is 37.3 Å². The lowest BCUT2D eigenvalue weighted by molar-refractivity contribution is -0.138. The van der Waals surface area contributed by atoms with E-state index in [4.69, 9.17) is 0 Å². The number of aliphatic imine (C=N–C) groups is 1. The van der Waals surface area contributed by atoms with Crippen molar-refractivity contribution in [1.29, 1.82) is 0 Å². The maximum absolute atomic E-state index is 13.1. The molecule has 3 N–H and O–H groups in total. The lowest BCUT2D eigenvalue weighted by Crippen LogP contribution is -2.50. The van der Waals surface area contributed by atoms with Gasteiger partial charge in [0.2, 0.25) is 0 Å². The summed E-state index contributed by atoms with van der Waals surface area (Å²) in [6.45, 7) is 2.39. The number of alkyl halides is 3. The third kappa shape index (κ3) is 4.83. The zero-order valence-electron chi connectivity index (χ0n) is 13.4. The first-order valence-electron chi connectivity index (χ1n) is 7.84. The van der Waals surface area contributed by atoms with Gasteiger partial charge in [0.15, 0.2) is 5.96 Å². The molecule has 1 fully saturated rings. The van der Waals surface area contributed by atoms with Gasteiger partial charge in [0, 0.05) is 13.1 Å². The van der Waals surface area contributed by atoms with Crippen LogP contribution < -0.4 is 10.6 Å². The van der Waals surface area contributed by atoms with E-state index in [0.29, 0.717) is 31.4 Å². The van der Waals surface area contributed by atoms with Crippen LogP contribution in [0.5, 0.6) is 0 Å². The third-order valence-corrected chi connectivity index (χ3v) is 4.00. The van der Waals surface area contributed by atoms with Crippen LogP contribution in [-0.4, -0.2) is 29.8 Å². The molecule has 0 amide bonds. The average Bonchev–Trinajstić information content (AvgIpc) is 2.48. The fourth-order valence-corrected chi connectivity index (χ4v) is 2.47. The van der Waals surface area contributed by atoms with E-state index < -0.39 is 23.2 Å². The highest BCUT2D eigenvalue weighted by atomic mass is 19.4. The third-order valence-electron chi connectivity index (χ3n) is 4.00. The van der Waals surface area contributed by atoms with E-state index in [2.05, 4.69) is 15.6 Å². The predicted molar refractivity (Wildman–Crippen MR) is 83.0 cm³/mol. The van der Waals surface area contributed by atoms with Gasteiger partial charge in [-0.15, -0.1) is 0 Å². The zero-order valence-corrected chi connectivity index (χ0v) is 13.4. The molecule has 0 aromatic heterocycles. The van der Waals surface area contributed by atoms with Gasteiger partial charge >= 0.3 is 6.18 Å². The summed E-state index contributed by atoms with van der Waals surface area (Å²) in [5.74, 6) is -0.623. The summed E-state index contributed by atoms with van der Waals surface area (Å²) in [4.78, 5) is 4.11. The molecule has 1 aromatic rings. The Morgan fingerprint density at radius 2 is 2.00 bits per heavy atom. The van der Waals surface area contributed by atoms with E-state index in [-0.39, 0.29) is 18.7 Å². The fraction of sp³-hybridized carbons (Fsp3) is 0.562. The Morgan fingerprint density at radius 1 is 1.29 bits per heavy atom. The number of hydrogen-bond acceptors (Lipinski definition) is 2. The molecule has 2 rings (SSSR count). The van der Waals surface area contributed by atoms with E-state index in [1.54, 1.807) is 0 Å². The van der Waals surface area contributed by atoms with Crippen molar-refractivity contribution in [3.63, 3.8) is 0 Å². The van der Waals surface area contributed by atoms with Gasteiger partial charge in [-0.2, -0.15) is 13.2 Å². The van der Waals surface area contributed by atoms with E-state index in [1.807, 2.05) is 6.92 Å². The van der Waals surface area contributed by atoms with Crippen LogP contribution >= 0.6 is 0 Å². The maximum atomic E-state index is 13.1. The first kappa shape index (κ1) is 18.5. The summed E-state index contributed by atoms with van der Waals surface area (Å²) in [6, 6.07) is 2.55. The minimum Gasteiger partial charge on any atom is -0.388 e. The molecule has 1 aromatic carbocycles. The summed E-state index contributed by atoms with van der Waals surface area (Å²) < 4.78 is 52.0. The van der Waals surface area contributed by atoms with Crippen LogP contribution in [0, 0.1) is 5.82 Å². The Morgan fingerprint density at radius 3 is 2.54 bits per heavy atom. The monoisotopic (exact) mass is 347 g/mol. The molecular formula is C16H21F4N3O. The van der Waals surface area contributed by atoms with E-state index in [9.17, 15) is 22.7 Å². The second-order valence-corrected chi connectivity index (χ2v) is 5.93. The van der Waals surface area contributed by atoms with Crippen molar-refractivity contribution >= 4 is 5.96 Å². The number of aliphatic hydroxyl groups is 1. The molecule has 0 heterocycles. The van der Waals surface area contributed by atoms with Crippen molar-refractivity contribution < 1.29 is 22.7 Å². The molecule has 4 nitrogen and oxygen atoms in total. The fourth-order valence-electron chi connectivity index (χ4n) is 2.47. The molecular weight excluding hydrogens is 326 g/mol.